The van der Waals surface area contributed by atoms with Gasteiger partial charge in [0.2, 0.25) is 0 Å². The van der Waals surface area contributed by atoms with Gasteiger partial charge in [-0.1, -0.05) is 170 Å². The van der Waals surface area contributed by atoms with Crippen LogP contribution in [0.1, 0.15) is 0 Å². The van der Waals surface area contributed by atoms with Crippen LogP contribution in [0.25, 0.3) is 117 Å². The molecular weight excluding hydrogens is 757 g/mol. The van der Waals surface area contributed by atoms with Gasteiger partial charge in [0.1, 0.15) is 11.2 Å². The van der Waals surface area contributed by atoms with Crippen molar-refractivity contribution >= 4 is 43.7 Å². The first-order chi connectivity index (χ1) is 30.7. The lowest BCUT2D eigenvalue weighted by molar-refractivity contribution is 0.669. The average molecular weight is 793 g/mol. The van der Waals surface area contributed by atoms with Crippen molar-refractivity contribution in [2.75, 3.05) is 0 Å². The molecule has 0 unspecified atom stereocenters. The third kappa shape index (κ3) is 6.06. The van der Waals surface area contributed by atoms with Crippen molar-refractivity contribution in [1.82, 2.24) is 19.5 Å². The van der Waals surface area contributed by atoms with Crippen LogP contribution in [0.2, 0.25) is 0 Å². The minimum atomic E-state index is 0.591. The number of aromatic nitrogens is 4. The van der Waals surface area contributed by atoms with Gasteiger partial charge in [-0.25, -0.2) is 15.0 Å². The predicted octanol–water partition coefficient (Wildman–Crippen LogP) is 14.9. The summed E-state index contributed by atoms with van der Waals surface area (Å²) in [7, 11) is 0. The smallest absolute Gasteiger partial charge is 0.164 e. The molecule has 12 rings (SSSR count). The highest BCUT2D eigenvalue weighted by molar-refractivity contribution is 6.15. The van der Waals surface area contributed by atoms with Crippen molar-refractivity contribution in [3.63, 3.8) is 0 Å². The van der Waals surface area contributed by atoms with E-state index < -0.39 is 0 Å². The molecule has 0 aliphatic rings. The summed E-state index contributed by atoms with van der Waals surface area (Å²) in [4.78, 5) is 15.3. The van der Waals surface area contributed by atoms with Crippen LogP contribution in [0.4, 0.5) is 0 Å². The number of fused-ring (bicyclic) bond motifs is 6. The summed E-state index contributed by atoms with van der Waals surface area (Å²) in [5.41, 5.74) is 14.6. The molecular formula is C57H36N4O. The molecule has 0 radical (unpaired) electrons. The standard InChI is InChI=1S/C57H36N4O/c1-3-15-37(16-4-1)41-19-13-20-42(35-41)38-29-31-40(32-30-38)56-58-55(39-17-5-2-6-18-39)59-57(60-56)43-33-34-52-48(36-43)54-47(24-14-28-53(54)62-52)46-23-9-12-27-51(46)61-49-25-10-7-21-44(49)45-22-8-11-26-50(45)61/h1-36H. The normalized spacial score (nSPS) is 11.5. The molecule has 12 aromatic rings. The molecule has 5 heteroatoms. The van der Waals surface area contributed by atoms with E-state index in [4.69, 9.17) is 19.4 Å². The maximum Gasteiger partial charge on any atom is 0.164 e. The van der Waals surface area contributed by atoms with Crippen molar-refractivity contribution < 1.29 is 4.42 Å². The van der Waals surface area contributed by atoms with Gasteiger partial charge in [-0.15, -0.1) is 0 Å². The summed E-state index contributed by atoms with van der Waals surface area (Å²) in [6, 6.07) is 76.3. The molecule has 0 aliphatic carbocycles. The Bertz CT molecular complexity index is 3570. The van der Waals surface area contributed by atoms with Crippen LogP contribution in [0.15, 0.2) is 223 Å². The molecule has 0 amide bonds. The molecule has 62 heavy (non-hydrogen) atoms. The van der Waals surface area contributed by atoms with Gasteiger partial charge < -0.3 is 8.98 Å². The summed E-state index contributed by atoms with van der Waals surface area (Å²) in [6.45, 7) is 0. The van der Waals surface area contributed by atoms with E-state index in [0.717, 1.165) is 66.6 Å². The quantitative estimate of drug-likeness (QED) is 0.161. The first-order valence-corrected chi connectivity index (χ1v) is 20.8. The second kappa shape index (κ2) is 14.7. The van der Waals surface area contributed by atoms with Crippen molar-refractivity contribution in [3.8, 4) is 73.2 Å². The number of rotatable bonds is 7. The molecule has 3 aromatic heterocycles. The maximum atomic E-state index is 6.58. The minimum absolute atomic E-state index is 0.591. The third-order valence-electron chi connectivity index (χ3n) is 11.9. The second-order valence-electron chi connectivity index (χ2n) is 15.6. The Kier molecular flexibility index (Phi) is 8.42. The van der Waals surface area contributed by atoms with Crippen molar-refractivity contribution in [3.05, 3.63) is 218 Å². The lowest BCUT2D eigenvalue weighted by Crippen LogP contribution is -2.00. The molecule has 0 N–H and O–H groups in total. The zero-order valence-electron chi connectivity index (χ0n) is 33.5. The monoisotopic (exact) mass is 792 g/mol. The number of para-hydroxylation sites is 3. The van der Waals surface area contributed by atoms with Crippen molar-refractivity contribution in [1.29, 1.82) is 0 Å². The summed E-state index contributed by atoms with van der Waals surface area (Å²) in [5, 5.41) is 4.49. The van der Waals surface area contributed by atoms with E-state index in [0.29, 0.717) is 17.5 Å². The second-order valence-corrected chi connectivity index (χ2v) is 15.6. The van der Waals surface area contributed by atoms with Crippen LogP contribution in [-0.4, -0.2) is 19.5 Å². The Balaban J connectivity index is 0.987. The fourth-order valence-electron chi connectivity index (χ4n) is 8.94. The van der Waals surface area contributed by atoms with Crippen LogP contribution in [0, 0.1) is 0 Å². The summed E-state index contributed by atoms with van der Waals surface area (Å²) >= 11 is 0. The largest absolute Gasteiger partial charge is 0.456 e. The fourth-order valence-corrected chi connectivity index (χ4v) is 8.94. The average Bonchev–Trinajstić information content (AvgIpc) is 3.90. The van der Waals surface area contributed by atoms with Gasteiger partial charge in [0.05, 0.1) is 16.7 Å². The molecule has 0 fully saturated rings. The summed E-state index contributed by atoms with van der Waals surface area (Å²) < 4.78 is 8.97. The SMILES string of the molecule is c1ccc(-c2cccc(-c3ccc(-c4nc(-c5ccccc5)nc(-c5ccc6oc7cccc(-c8ccccc8-n8c9ccccc9c9ccccc98)c7c6c5)n4)cc3)c2)cc1. The molecule has 0 bridgehead atoms. The van der Waals surface area contributed by atoms with E-state index in [1.165, 1.54) is 32.9 Å². The van der Waals surface area contributed by atoms with Gasteiger partial charge in [-0.2, -0.15) is 0 Å². The summed E-state index contributed by atoms with van der Waals surface area (Å²) in [6.07, 6.45) is 0. The fraction of sp³-hybridized carbons (Fsp3) is 0. The molecule has 0 aliphatic heterocycles. The molecule has 5 nitrogen and oxygen atoms in total. The predicted molar refractivity (Wildman–Crippen MR) is 254 cm³/mol. The molecule has 0 saturated carbocycles. The molecule has 0 atom stereocenters. The third-order valence-corrected chi connectivity index (χ3v) is 11.9. The van der Waals surface area contributed by atoms with Crippen LogP contribution < -0.4 is 0 Å². The Morgan fingerprint density at radius 2 is 0.790 bits per heavy atom. The van der Waals surface area contributed by atoms with Gasteiger partial charge >= 0.3 is 0 Å². The maximum absolute atomic E-state index is 6.58. The Hall–Kier alpha value is -8.41. The zero-order valence-corrected chi connectivity index (χ0v) is 33.5. The molecule has 3 heterocycles. The van der Waals surface area contributed by atoms with E-state index >= 15 is 0 Å². The van der Waals surface area contributed by atoms with E-state index in [1.54, 1.807) is 0 Å². The van der Waals surface area contributed by atoms with Gasteiger partial charge in [0.25, 0.3) is 0 Å². The lowest BCUT2D eigenvalue weighted by atomic mass is 9.97. The van der Waals surface area contributed by atoms with Gasteiger partial charge in [-0.05, 0) is 76.3 Å². The Morgan fingerprint density at radius 3 is 1.48 bits per heavy atom. The highest BCUT2D eigenvalue weighted by Crippen LogP contribution is 2.42. The molecule has 9 aromatic carbocycles. The van der Waals surface area contributed by atoms with E-state index in [2.05, 4.69) is 174 Å². The molecule has 0 spiro atoms. The van der Waals surface area contributed by atoms with Gasteiger partial charge in [0.15, 0.2) is 17.5 Å². The first-order valence-electron chi connectivity index (χ1n) is 20.8. The molecule has 290 valence electrons. The van der Waals surface area contributed by atoms with E-state index in [9.17, 15) is 0 Å². The number of benzene rings is 9. The number of furan rings is 1. The van der Waals surface area contributed by atoms with Crippen LogP contribution in [-0.2, 0) is 0 Å². The number of hydrogen-bond donors (Lipinski definition) is 0. The van der Waals surface area contributed by atoms with Crippen LogP contribution in [0.5, 0.6) is 0 Å². The van der Waals surface area contributed by atoms with E-state index in [1.807, 2.05) is 48.5 Å². The number of hydrogen-bond acceptors (Lipinski definition) is 4. The van der Waals surface area contributed by atoms with Crippen molar-refractivity contribution in [2.24, 2.45) is 0 Å². The van der Waals surface area contributed by atoms with Crippen molar-refractivity contribution in [2.45, 2.75) is 0 Å². The Labute approximate surface area is 357 Å². The molecule has 0 saturated heterocycles. The topological polar surface area (TPSA) is 56.7 Å². The summed E-state index contributed by atoms with van der Waals surface area (Å²) in [5.74, 6) is 1.81. The van der Waals surface area contributed by atoms with E-state index in [-0.39, 0.29) is 0 Å². The lowest BCUT2D eigenvalue weighted by Gasteiger charge is -2.15. The van der Waals surface area contributed by atoms with Gasteiger partial charge in [0, 0.05) is 43.8 Å². The minimum Gasteiger partial charge on any atom is -0.456 e. The first kappa shape index (κ1) is 35.5. The zero-order chi connectivity index (χ0) is 41.0. The highest BCUT2D eigenvalue weighted by Gasteiger charge is 2.20. The Morgan fingerprint density at radius 1 is 0.306 bits per heavy atom. The highest BCUT2D eigenvalue weighted by atomic mass is 16.3. The van der Waals surface area contributed by atoms with Gasteiger partial charge in [-0.3, -0.25) is 0 Å². The van der Waals surface area contributed by atoms with Crippen LogP contribution in [0.3, 0.4) is 0 Å². The number of nitrogens with zero attached hydrogens (tertiary/aromatic N) is 4. The van der Waals surface area contributed by atoms with Crippen LogP contribution >= 0.6 is 0 Å².